The molecule has 3 heteroatoms. The van der Waals surface area contributed by atoms with Crippen molar-refractivity contribution in [3.8, 4) is 0 Å². The van der Waals surface area contributed by atoms with Crippen molar-refractivity contribution in [2.45, 2.75) is 27.2 Å². The molecule has 0 amide bonds. The van der Waals surface area contributed by atoms with Crippen LogP contribution in [0.3, 0.4) is 0 Å². The van der Waals surface area contributed by atoms with E-state index in [0.717, 1.165) is 13.2 Å². The molecule has 0 aromatic rings. The highest BCUT2D eigenvalue weighted by molar-refractivity contribution is 5.35. The van der Waals surface area contributed by atoms with E-state index >= 15 is 0 Å². The van der Waals surface area contributed by atoms with Crippen LogP contribution in [-0.2, 0) is 0 Å². The summed E-state index contributed by atoms with van der Waals surface area (Å²) in [5, 5.41) is 8.12. The normalized spacial score (nSPS) is 37.3. The van der Waals surface area contributed by atoms with Gasteiger partial charge in [0.15, 0.2) is 0 Å². The molecular formula is C12H23N3. The molecule has 2 fully saturated rings. The van der Waals surface area contributed by atoms with Crippen molar-refractivity contribution in [2.75, 3.05) is 27.3 Å². The highest BCUT2D eigenvalue weighted by Gasteiger charge is 2.43. The Hall–Kier alpha value is -0.540. The number of allylic oxidation sites excluding steroid dienone is 1. The van der Waals surface area contributed by atoms with Crippen LogP contribution >= 0.6 is 0 Å². The van der Waals surface area contributed by atoms with E-state index in [9.17, 15) is 0 Å². The summed E-state index contributed by atoms with van der Waals surface area (Å²) in [5.74, 6) is 0.622. The molecule has 86 valence electrons. The van der Waals surface area contributed by atoms with Gasteiger partial charge >= 0.3 is 0 Å². The first-order chi connectivity index (χ1) is 6.92. The van der Waals surface area contributed by atoms with Crippen molar-refractivity contribution in [1.82, 2.24) is 15.3 Å². The van der Waals surface area contributed by atoms with Crippen molar-refractivity contribution < 1.29 is 0 Å². The lowest BCUT2D eigenvalue weighted by Crippen LogP contribution is -2.39. The van der Waals surface area contributed by atoms with Crippen LogP contribution in [-0.4, -0.2) is 37.3 Å². The first-order valence-electron chi connectivity index (χ1n) is 5.81. The topological polar surface area (TPSA) is 18.5 Å². The van der Waals surface area contributed by atoms with Gasteiger partial charge in [0.05, 0.1) is 6.67 Å². The lowest BCUT2D eigenvalue weighted by Gasteiger charge is -2.25. The van der Waals surface area contributed by atoms with Gasteiger partial charge in [-0.15, -0.1) is 0 Å². The zero-order chi connectivity index (χ0) is 11.2. The van der Waals surface area contributed by atoms with Crippen molar-refractivity contribution in [3.05, 3.63) is 11.3 Å². The maximum absolute atomic E-state index is 3.59. The van der Waals surface area contributed by atoms with Crippen LogP contribution in [0.2, 0.25) is 0 Å². The predicted molar refractivity (Wildman–Crippen MR) is 63.0 cm³/mol. The highest BCUT2D eigenvalue weighted by atomic mass is 15.6. The summed E-state index contributed by atoms with van der Waals surface area (Å²) < 4.78 is 0. The van der Waals surface area contributed by atoms with Gasteiger partial charge in [-0.25, -0.2) is 10.0 Å². The Bertz CT molecular complexity index is 293. The van der Waals surface area contributed by atoms with Gasteiger partial charge in [-0.3, -0.25) is 0 Å². The van der Waals surface area contributed by atoms with Gasteiger partial charge in [-0.2, -0.15) is 0 Å². The van der Waals surface area contributed by atoms with Gasteiger partial charge in [-0.1, -0.05) is 20.8 Å². The maximum Gasteiger partial charge on any atom is 0.0808 e. The summed E-state index contributed by atoms with van der Waals surface area (Å²) in [4.78, 5) is 0. The Morgan fingerprint density at radius 3 is 2.40 bits per heavy atom. The van der Waals surface area contributed by atoms with Crippen LogP contribution < -0.4 is 5.32 Å². The molecule has 2 rings (SSSR count). The predicted octanol–water partition coefficient (Wildman–Crippen LogP) is 1.65. The Morgan fingerprint density at radius 1 is 1.27 bits per heavy atom. The Labute approximate surface area is 93.1 Å². The molecule has 1 aliphatic heterocycles. The van der Waals surface area contributed by atoms with E-state index in [2.05, 4.69) is 50.2 Å². The summed E-state index contributed by atoms with van der Waals surface area (Å²) in [6, 6.07) is 0. The lowest BCUT2D eigenvalue weighted by atomic mass is 10.0. The Balaban J connectivity index is 2.18. The second-order valence-corrected chi connectivity index (χ2v) is 5.69. The van der Waals surface area contributed by atoms with E-state index in [1.807, 2.05) is 0 Å². The molecule has 15 heavy (non-hydrogen) atoms. The SMILES string of the molecule is CC1CN(C)N(C)CN/C1=C1\CC1(C)C. The molecule has 1 atom stereocenters. The Kier molecular flexibility index (Phi) is 2.55. The van der Waals surface area contributed by atoms with Crippen molar-refractivity contribution in [2.24, 2.45) is 11.3 Å². The van der Waals surface area contributed by atoms with Gasteiger partial charge in [0, 0.05) is 32.3 Å². The first-order valence-corrected chi connectivity index (χ1v) is 5.81. The van der Waals surface area contributed by atoms with E-state index in [4.69, 9.17) is 0 Å². The fourth-order valence-corrected chi connectivity index (χ4v) is 2.38. The molecule has 1 N–H and O–H groups in total. The zero-order valence-electron chi connectivity index (χ0n) is 10.6. The van der Waals surface area contributed by atoms with E-state index < -0.39 is 0 Å². The molecule has 0 spiro atoms. The molecular weight excluding hydrogens is 186 g/mol. The largest absolute Gasteiger partial charge is 0.374 e. The number of rotatable bonds is 0. The maximum atomic E-state index is 3.59. The summed E-state index contributed by atoms with van der Waals surface area (Å²) in [6.45, 7) is 9.03. The Morgan fingerprint density at radius 2 is 1.87 bits per heavy atom. The molecule has 1 unspecified atom stereocenters. The fourth-order valence-electron chi connectivity index (χ4n) is 2.38. The van der Waals surface area contributed by atoms with E-state index in [1.54, 1.807) is 5.57 Å². The smallest absolute Gasteiger partial charge is 0.0808 e. The number of nitrogens with zero attached hydrogens (tertiary/aromatic N) is 2. The summed E-state index contributed by atoms with van der Waals surface area (Å²) >= 11 is 0. The summed E-state index contributed by atoms with van der Waals surface area (Å²) in [7, 11) is 4.29. The number of nitrogens with one attached hydrogen (secondary N) is 1. The van der Waals surface area contributed by atoms with Gasteiger partial charge in [0.1, 0.15) is 0 Å². The summed E-state index contributed by atoms with van der Waals surface area (Å²) in [6.07, 6.45) is 1.27. The zero-order valence-corrected chi connectivity index (χ0v) is 10.6. The number of hydrogen-bond acceptors (Lipinski definition) is 3. The third kappa shape index (κ3) is 2.04. The highest BCUT2D eigenvalue weighted by Crippen LogP contribution is 2.53. The minimum atomic E-state index is 0.456. The van der Waals surface area contributed by atoms with Gasteiger partial charge in [-0.05, 0) is 17.4 Å². The van der Waals surface area contributed by atoms with Crippen LogP contribution in [0.4, 0.5) is 0 Å². The van der Waals surface area contributed by atoms with Crippen molar-refractivity contribution in [3.63, 3.8) is 0 Å². The molecule has 0 aromatic carbocycles. The van der Waals surface area contributed by atoms with Crippen LogP contribution in [0, 0.1) is 11.3 Å². The van der Waals surface area contributed by atoms with Crippen LogP contribution in [0.15, 0.2) is 11.3 Å². The molecule has 0 radical (unpaired) electrons. The quantitative estimate of drug-likeness (QED) is 0.654. The van der Waals surface area contributed by atoms with Gasteiger partial charge in [0.25, 0.3) is 0 Å². The molecule has 0 bridgehead atoms. The van der Waals surface area contributed by atoms with Crippen LogP contribution in [0.5, 0.6) is 0 Å². The minimum Gasteiger partial charge on any atom is -0.374 e. The second kappa shape index (κ2) is 3.49. The van der Waals surface area contributed by atoms with E-state index in [1.165, 1.54) is 12.1 Å². The lowest BCUT2D eigenvalue weighted by molar-refractivity contribution is 0.0275. The molecule has 3 nitrogen and oxygen atoms in total. The van der Waals surface area contributed by atoms with E-state index in [0.29, 0.717) is 11.3 Å². The molecule has 0 aromatic heterocycles. The molecule has 1 saturated carbocycles. The monoisotopic (exact) mass is 209 g/mol. The second-order valence-electron chi connectivity index (χ2n) is 5.69. The van der Waals surface area contributed by atoms with Crippen LogP contribution in [0.25, 0.3) is 0 Å². The summed E-state index contributed by atoms with van der Waals surface area (Å²) in [5.41, 5.74) is 3.59. The van der Waals surface area contributed by atoms with Gasteiger partial charge in [0.2, 0.25) is 0 Å². The molecule has 1 aliphatic carbocycles. The fraction of sp³-hybridized carbons (Fsp3) is 0.833. The minimum absolute atomic E-state index is 0.456. The van der Waals surface area contributed by atoms with Crippen molar-refractivity contribution in [1.29, 1.82) is 0 Å². The standard InChI is InChI=1S/C12H23N3/c1-9-7-14(4)15(5)8-13-11(9)10-6-12(10,2)3/h9,13H,6-8H2,1-5H3/b11-10+. The third-order valence-corrected chi connectivity index (χ3v) is 3.75. The number of hydrogen-bond donors (Lipinski definition) is 1. The molecule has 1 heterocycles. The third-order valence-electron chi connectivity index (χ3n) is 3.75. The average molecular weight is 209 g/mol. The average Bonchev–Trinajstić information content (AvgIpc) is 2.75. The van der Waals surface area contributed by atoms with Gasteiger partial charge < -0.3 is 5.32 Å². The van der Waals surface area contributed by atoms with Crippen molar-refractivity contribution >= 4 is 0 Å². The first kappa shape index (κ1) is 11.0. The van der Waals surface area contributed by atoms with Crippen LogP contribution in [0.1, 0.15) is 27.2 Å². The molecule has 1 saturated heterocycles. The number of hydrazine groups is 1. The molecule has 2 aliphatic rings. The van der Waals surface area contributed by atoms with E-state index in [-0.39, 0.29) is 0 Å².